The Morgan fingerprint density at radius 1 is 1.16 bits per heavy atom. The van der Waals surface area contributed by atoms with E-state index >= 15 is 0 Å². The van der Waals surface area contributed by atoms with Crippen molar-refractivity contribution < 1.29 is 13.2 Å². The molecule has 2 aromatic carbocycles. The van der Waals surface area contributed by atoms with Gasteiger partial charge in [-0.3, -0.25) is 10.1 Å². The first-order chi connectivity index (χ1) is 14.9. The number of hydrogen-bond acceptors (Lipinski definition) is 7. The van der Waals surface area contributed by atoms with E-state index in [1.54, 1.807) is 0 Å². The molecular formula is C20H19ClN4O3S3. The first kappa shape index (κ1) is 22.2. The highest BCUT2D eigenvalue weighted by Gasteiger charge is 2.39. The fourth-order valence-corrected chi connectivity index (χ4v) is 6.75. The summed E-state index contributed by atoms with van der Waals surface area (Å²) < 4.78 is 28.0. The quantitative estimate of drug-likeness (QED) is 0.389. The van der Waals surface area contributed by atoms with Gasteiger partial charge in [0.05, 0.1) is 4.90 Å². The fraction of sp³-hybridized carbons (Fsp3) is 0.250. The van der Waals surface area contributed by atoms with E-state index in [1.807, 2.05) is 30.3 Å². The Balaban J connectivity index is 1.41. The number of anilines is 1. The van der Waals surface area contributed by atoms with Crippen molar-refractivity contribution >= 4 is 55.8 Å². The van der Waals surface area contributed by atoms with Crippen molar-refractivity contribution in [3.8, 4) is 0 Å². The SMILES string of the molecule is O=C(Nc1nnc(SCc2ccccc2)s1)C1CCCN1S(=O)(=O)c1ccc(Cl)cc1. The molecule has 31 heavy (non-hydrogen) atoms. The van der Waals surface area contributed by atoms with Gasteiger partial charge in [0.1, 0.15) is 6.04 Å². The number of benzene rings is 2. The number of rotatable bonds is 7. The second kappa shape index (κ2) is 9.66. The molecule has 1 unspecified atom stereocenters. The minimum Gasteiger partial charge on any atom is -0.299 e. The van der Waals surface area contributed by atoms with Gasteiger partial charge in [0.2, 0.25) is 21.1 Å². The van der Waals surface area contributed by atoms with Crippen molar-refractivity contribution in [3.05, 3.63) is 65.2 Å². The number of aromatic nitrogens is 2. The summed E-state index contributed by atoms with van der Waals surface area (Å²) >= 11 is 8.67. The highest BCUT2D eigenvalue weighted by atomic mass is 35.5. The van der Waals surface area contributed by atoms with Crippen molar-refractivity contribution in [3.63, 3.8) is 0 Å². The number of carbonyl (C=O) groups excluding carboxylic acids is 1. The molecule has 0 bridgehead atoms. The number of amides is 1. The van der Waals surface area contributed by atoms with Gasteiger partial charge in [-0.2, -0.15) is 4.31 Å². The van der Waals surface area contributed by atoms with E-state index in [2.05, 4.69) is 15.5 Å². The summed E-state index contributed by atoms with van der Waals surface area (Å²) in [5.74, 6) is 0.352. The lowest BCUT2D eigenvalue weighted by Gasteiger charge is -2.23. The third-order valence-corrected chi connectivity index (χ3v) is 8.99. The van der Waals surface area contributed by atoms with E-state index < -0.39 is 22.0 Å². The van der Waals surface area contributed by atoms with Gasteiger partial charge >= 0.3 is 0 Å². The largest absolute Gasteiger partial charge is 0.299 e. The molecule has 1 fully saturated rings. The van der Waals surface area contributed by atoms with Gasteiger partial charge in [-0.15, -0.1) is 10.2 Å². The smallest absolute Gasteiger partial charge is 0.244 e. The van der Waals surface area contributed by atoms with Crippen molar-refractivity contribution in [2.45, 2.75) is 33.9 Å². The first-order valence-corrected chi connectivity index (χ1v) is 13.1. The van der Waals surface area contributed by atoms with Gasteiger partial charge < -0.3 is 0 Å². The van der Waals surface area contributed by atoms with E-state index in [4.69, 9.17) is 11.6 Å². The summed E-state index contributed by atoms with van der Waals surface area (Å²) in [6.07, 6.45) is 1.06. The molecule has 4 rings (SSSR count). The van der Waals surface area contributed by atoms with Gasteiger partial charge in [0, 0.05) is 17.3 Å². The van der Waals surface area contributed by atoms with Gasteiger partial charge in [-0.1, -0.05) is 65.0 Å². The third kappa shape index (κ3) is 5.27. The Hall–Kier alpha value is -1.98. The molecule has 1 amide bonds. The Morgan fingerprint density at radius 2 is 1.90 bits per heavy atom. The van der Waals surface area contributed by atoms with Crippen LogP contribution in [-0.2, 0) is 20.6 Å². The van der Waals surface area contributed by atoms with Crippen molar-refractivity contribution in [2.75, 3.05) is 11.9 Å². The molecule has 3 aromatic rings. The molecule has 1 N–H and O–H groups in total. The predicted molar refractivity (Wildman–Crippen MR) is 123 cm³/mol. The number of hydrogen-bond donors (Lipinski definition) is 1. The van der Waals surface area contributed by atoms with Crippen LogP contribution in [0.25, 0.3) is 0 Å². The Bertz CT molecular complexity index is 1150. The average molecular weight is 495 g/mol. The molecule has 1 aliphatic heterocycles. The van der Waals surface area contributed by atoms with Gasteiger partial charge in [0.15, 0.2) is 4.34 Å². The number of halogens is 1. The summed E-state index contributed by atoms with van der Waals surface area (Å²) in [4.78, 5) is 13.0. The number of nitrogens with one attached hydrogen (secondary N) is 1. The molecule has 0 radical (unpaired) electrons. The van der Waals surface area contributed by atoms with Crippen molar-refractivity contribution in [1.82, 2.24) is 14.5 Å². The molecule has 1 atom stereocenters. The van der Waals surface area contributed by atoms with Gasteiger partial charge in [-0.05, 0) is 42.7 Å². The molecule has 0 saturated carbocycles. The van der Waals surface area contributed by atoms with E-state index in [1.165, 1.54) is 57.2 Å². The summed E-state index contributed by atoms with van der Waals surface area (Å²) in [7, 11) is -3.80. The Morgan fingerprint density at radius 3 is 2.65 bits per heavy atom. The molecule has 0 aliphatic carbocycles. The molecule has 0 spiro atoms. The summed E-state index contributed by atoms with van der Waals surface area (Å²) in [5, 5.41) is 11.7. The third-order valence-electron chi connectivity index (χ3n) is 4.77. The van der Waals surface area contributed by atoms with Crippen LogP contribution < -0.4 is 5.32 Å². The number of carbonyl (C=O) groups is 1. The van der Waals surface area contributed by atoms with Crippen LogP contribution in [0.4, 0.5) is 5.13 Å². The van der Waals surface area contributed by atoms with Crippen LogP contribution in [0.15, 0.2) is 63.8 Å². The van der Waals surface area contributed by atoms with Crippen LogP contribution >= 0.6 is 34.7 Å². The highest BCUT2D eigenvalue weighted by molar-refractivity contribution is 8.00. The zero-order chi connectivity index (χ0) is 21.8. The van der Waals surface area contributed by atoms with Crippen molar-refractivity contribution in [2.24, 2.45) is 0 Å². The Labute approximate surface area is 193 Å². The minimum atomic E-state index is -3.80. The maximum Gasteiger partial charge on any atom is 0.244 e. The molecule has 11 heteroatoms. The zero-order valence-corrected chi connectivity index (χ0v) is 19.5. The molecule has 7 nitrogen and oxygen atoms in total. The lowest BCUT2D eigenvalue weighted by atomic mass is 10.2. The molecule has 1 aromatic heterocycles. The standard InChI is InChI=1S/C20H19ClN4O3S3/c21-15-8-10-16(11-9-15)31(27,28)25-12-4-7-17(25)18(26)22-19-23-24-20(30-19)29-13-14-5-2-1-3-6-14/h1-3,5-6,8-11,17H,4,7,12-13H2,(H,22,23,26). The monoisotopic (exact) mass is 494 g/mol. The highest BCUT2D eigenvalue weighted by Crippen LogP contribution is 2.30. The van der Waals surface area contributed by atoms with Crippen LogP contribution in [0.1, 0.15) is 18.4 Å². The number of nitrogens with zero attached hydrogens (tertiary/aromatic N) is 3. The second-order valence-corrected chi connectivity index (χ2v) is 11.4. The minimum absolute atomic E-state index is 0.118. The lowest BCUT2D eigenvalue weighted by Crippen LogP contribution is -2.43. The molecular weight excluding hydrogens is 476 g/mol. The fourth-order valence-electron chi connectivity index (χ4n) is 3.26. The van der Waals surface area contributed by atoms with Crippen LogP contribution in [0.5, 0.6) is 0 Å². The number of sulfonamides is 1. The normalized spacial score (nSPS) is 17.0. The van der Waals surface area contributed by atoms with Crippen LogP contribution in [0, 0.1) is 0 Å². The lowest BCUT2D eigenvalue weighted by molar-refractivity contribution is -0.119. The van der Waals surface area contributed by atoms with E-state index in [0.717, 1.165) is 10.1 Å². The average Bonchev–Trinajstić information content (AvgIpc) is 3.43. The number of thioether (sulfide) groups is 1. The second-order valence-electron chi connectivity index (χ2n) is 6.86. The van der Waals surface area contributed by atoms with Gasteiger partial charge in [-0.25, -0.2) is 8.42 Å². The van der Waals surface area contributed by atoms with E-state index in [0.29, 0.717) is 23.0 Å². The summed E-state index contributed by atoms with van der Waals surface area (Å²) in [6, 6.07) is 15.2. The Kier molecular flexibility index (Phi) is 6.92. The van der Waals surface area contributed by atoms with Crippen LogP contribution in [0.3, 0.4) is 0 Å². The van der Waals surface area contributed by atoms with Crippen molar-refractivity contribution in [1.29, 1.82) is 0 Å². The maximum atomic E-state index is 13.0. The molecule has 162 valence electrons. The van der Waals surface area contributed by atoms with Crippen LogP contribution in [-0.4, -0.2) is 41.4 Å². The summed E-state index contributed by atoms with van der Waals surface area (Å²) in [6.45, 7) is 0.289. The molecule has 1 saturated heterocycles. The van der Waals surface area contributed by atoms with E-state index in [-0.39, 0.29) is 11.4 Å². The molecule has 1 aliphatic rings. The molecule has 2 heterocycles. The topological polar surface area (TPSA) is 92.3 Å². The first-order valence-electron chi connectivity index (χ1n) is 9.52. The zero-order valence-electron chi connectivity index (χ0n) is 16.3. The predicted octanol–water partition coefficient (Wildman–Crippen LogP) is 4.28. The summed E-state index contributed by atoms with van der Waals surface area (Å²) in [5.41, 5.74) is 1.17. The van der Waals surface area contributed by atoms with Crippen LogP contribution in [0.2, 0.25) is 5.02 Å². The van der Waals surface area contributed by atoms with Gasteiger partial charge in [0.25, 0.3) is 0 Å². The maximum absolute atomic E-state index is 13.0. The van der Waals surface area contributed by atoms with E-state index in [9.17, 15) is 13.2 Å².